The van der Waals surface area contributed by atoms with Gasteiger partial charge in [-0.2, -0.15) is 0 Å². The number of ether oxygens (including phenoxy) is 1. The Labute approximate surface area is 119 Å². The molecular formula is C15H22N2O3. The number of nitrogens with two attached hydrogens (primary N) is 1. The zero-order valence-electron chi connectivity index (χ0n) is 11.8. The summed E-state index contributed by atoms with van der Waals surface area (Å²) >= 11 is 0. The first-order valence-corrected chi connectivity index (χ1v) is 6.95. The van der Waals surface area contributed by atoms with Crippen LogP contribution >= 0.6 is 0 Å². The Balaban J connectivity index is 1.74. The fourth-order valence-electron chi connectivity index (χ4n) is 2.29. The number of aryl methyl sites for hydroxylation is 1. The Kier molecular flexibility index (Phi) is 4.62. The molecule has 110 valence electrons. The minimum absolute atomic E-state index is 0.0608. The first kappa shape index (κ1) is 14.8. The Morgan fingerprint density at radius 2 is 2.20 bits per heavy atom. The number of hydrogen-bond acceptors (Lipinski definition) is 4. The maximum absolute atomic E-state index is 11.8. The molecule has 1 amide bonds. The van der Waals surface area contributed by atoms with Crippen LogP contribution in [-0.2, 0) is 16.0 Å². The van der Waals surface area contributed by atoms with Crippen LogP contribution in [-0.4, -0.2) is 35.9 Å². The third kappa shape index (κ3) is 3.71. The molecule has 1 aliphatic heterocycles. The third-order valence-corrected chi connectivity index (χ3v) is 3.87. The lowest BCUT2D eigenvalue weighted by Gasteiger charge is -2.26. The van der Waals surface area contributed by atoms with E-state index in [0.29, 0.717) is 25.9 Å². The molecule has 0 spiro atoms. The lowest BCUT2D eigenvalue weighted by Crippen LogP contribution is -2.47. The van der Waals surface area contributed by atoms with Gasteiger partial charge < -0.3 is 20.9 Å². The fourth-order valence-corrected chi connectivity index (χ4v) is 2.29. The van der Waals surface area contributed by atoms with Crippen molar-refractivity contribution in [3.63, 3.8) is 0 Å². The Hall–Kier alpha value is -1.59. The van der Waals surface area contributed by atoms with Gasteiger partial charge in [0.05, 0.1) is 6.10 Å². The van der Waals surface area contributed by atoms with Crippen LogP contribution in [0.1, 0.15) is 25.3 Å². The second-order valence-corrected chi connectivity index (χ2v) is 5.38. The summed E-state index contributed by atoms with van der Waals surface area (Å²) in [6.45, 7) is 2.61. The van der Waals surface area contributed by atoms with Gasteiger partial charge in [-0.15, -0.1) is 0 Å². The topological polar surface area (TPSA) is 84.6 Å². The number of aliphatic hydroxyl groups is 1. The van der Waals surface area contributed by atoms with Gasteiger partial charge in [0.1, 0.15) is 5.60 Å². The summed E-state index contributed by atoms with van der Waals surface area (Å²) in [4.78, 5) is 11.8. The summed E-state index contributed by atoms with van der Waals surface area (Å²) in [5, 5.41) is 13.1. The van der Waals surface area contributed by atoms with Gasteiger partial charge >= 0.3 is 0 Å². The standard InChI is InChI=1S/C15H22N2O3/c1-11-15(19,8-9-20-11)10-17-14(18)7-4-12-2-5-13(16)6-3-12/h2-3,5-6,11,19H,4,7-10,16H2,1H3,(H,17,18). The Morgan fingerprint density at radius 1 is 1.50 bits per heavy atom. The summed E-state index contributed by atoms with van der Waals surface area (Å²) in [6, 6.07) is 7.49. The number of nitrogen functional groups attached to an aromatic ring is 1. The van der Waals surface area contributed by atoms with Crippen molar-refractivity contribution in [2.75, 3.05) is 18.9 Å². The van der Waals surface area contributed by atoms with Crippen molar-refractivity contribution in [3.05, 3.63) is 29.8 Å². The predicted molar refractivity (Wildman–Crippen MR) is 77.2 cm³/mol. The number of hydrogen-bond donors (Lipinski definition) is 3. The van der Waals surface area contributed by atoms with Gasteiger partial charge in [0.25, 0.3) is 0 Å². The van der Waals surface area contributed by atoms with Crippen molar-refractivity contribution >= 4 is 11.6 Å². The zero-order chi connectivity index (χ0) is 14.6. The highest BCUT2D eigenvalue weighted by Gasteiger charge is 2.39. The Bertz CT molecular complexity index is 461. The van der Waals surface area contributed by atoms with Gasteiger partial charge in [0.15, 0.2) is 0 Å². The molecule has 0 radical (unpaired) electrons. The maximum Gasteiger partial charge on any atom is 0.220 e. The van der Waals surface area contributed by atoms with Gasteiger partial charge in [-0.25, -0.2) is 0 Å². The first-order chi connectivity index (χ1) is 9.49. The molecule has 2 atom stereocenters. The molecule has 5 heteroatoms. The minimum atomic E-state index is -0.934. The van der Waals surface area contributed by atoms with Crippen LogP contribution < -0.4 is 11.1 Å². The minimum Gasteiger partial charge on any atom is -0.399 e. The first-order valence-electron chi connectivity index (χ1n) is 6.95. The van der Waals surface area contributed by atoms with Gasteiger partial charge in [-0.05, 0) is 31.0 Å². The summed E-state index contributed by atoms with van der Waals surface area (Å²) in [7, 11) is 0. The molecule has 0 aromatic heterocycles. The van der Waals surface area contributed by atoms with Crippen LogP contribution in [0.5, 0.6) is 0 Å². The van der Waals surface area contributed by atoms with E-state index in [4.69, 9.17) is 10.5 Å². The van der Waals surface area contributed by atoms with Crippen molar-refractivity contribution in [1.29, 1.82) is 0 Å². The molecule has 5 nitrogen and oxygen atoms in total. The molecule has 1 heterocycles. The molecule has 20 heavy (non-hydrogen) atoms. The van der Waals surface area contributed by atoms with Crippen molar-refractivity contribution in [2.45, 2.75) is 37.9 Å². The van der Waals surface area contributed by atoms with Gasteiger partial charge in [0.2, 0.25) is 5.91 Å². The van der Waals surface area contributed by atoms with Gasteiger partial charge in [0, 0.05) is 31.7 Å². The quantitative estimate of drug-likeness (QED) is 0.697. The van der Waals surface area contributed by atoms with Gasteiger partial charge in [-0.3, -0.25) is 4.79 Å². The second kappa shape index (κ2) is 6.24. The smallest absolute Gasteiger partial charge is 0.220 e. The molecule has 4 N–H and O–H groups in total. The van der Waals surface area contributed by atoms with E-state index in [0.717, 1.165) is 11.3 Å². The molecule has 0 saturated carbocycles. The van der Waals surface area contributed by atoms with E-state index in [1.165, 1.54) is 0 Å². The number of rotatable bonds is 5. The van der Waals surface area contributed by atoms with E-state index >= 15 is 0 Å². The number of benzene rings is 1. The van der Waals surface area contributed by atoms with Crippen LogP contribution in [0, 0.1) is 0 Å². The molecule has 0 aliphatic carbocycles. The van der Waals surface area contributed by atoms with Gasteiger partial charge in [-0.1, -0.05) is 12.1 Å². The van der Waals surface area contributed by atoms with Crippen molar-refractivity contribution in [3.8, 4) is 0 Å². The molecule has 2 rings (SSSR count). The van der Waals surface area contributed by atoms with Crippen LogP contribution in [0.4, 0.5) is 5.69 Å². The average Bonchev–Trinajstić information content (AvgIpc) is 2.76. The predicted octanol–water partition coefficient (Wildman–Crippen LogP) is 0.857. The molecule has 1 fully saturated rings. The van der Waals surface area contributed by atoms with Crippen molar-refractivity contribution in [1.82, 2.24) is 5.32 Å². The van der Waals surface area contributed by atoms with Crippen LogP contribution in [0.2, 0.25) is 0 Å². The molecule has 1 aromatic rings. The Morgan fingerprint density at radius 3 is 2.80 bits per heavy atom. The number of carbonyl (C=O) groups excluding carboxylic acids is 1. The highest BCUT2D eigenvalue weighted by atomic mass is 16.5. The second-order valence-electron chi connectivity index (χ2n) is 5.38. The third-order valence-electron chi connectivity index (χ3n) is 3.87. The van der Waals surface area contributed by atoms with Crippen LogP contribution in [0.15, 0.2) is 24.3 Å². The summed E-state index contributed by atoms with van der Waals surface area (Å²) in [5.41, 5.74) is 6.47. The lowest BCUT2D eigenvalue weighted by molar-refractivity contribution is -0.122. The summed E-state index contributed by atoms with van der Waals surface area (Å²) < 4.78 is 5.33. The van der Waals surface area contributed by atoms with E-state index in [1.54, 1.807) is 0 Å². The molecule has 2 unspecified atom stereocenters. The number of amides is 1. The van der Waals surface area contributed by atoms with E-state index in [2.05, 4.69) is 5.32 Å². The van der Waals surface area contributed by atoms with E-state index in [-0.39, 0.29) is 18.6 Å². The fraction of sp³-hybridized carbons (Fsp3) is 0.533. The van der Waals surface area contributed by atoms with Crippen molar-refractivity contribution < 1.29 is 14.6 Å². The monoisotopic (exact) mass is 278 g/mol. The number of anilines is 1. The highest BCUT2D eigenvalue weighted by Crippen LogP contribution is 2.24. The molecule has 0 bridgehead atoms. The SMILES string of the molecule is CC1OCCC1(O)CNC(=O)CCc1ccc(N)cc1. The van der Waals surface area contributed by atoms with E-state index in [1.807, 2.05) is 31.2 Å². The molecular weight excluding hydrogens is 256 g/mol. The normalized spacial score (nSPS) is 25.6. The molecule has 1 saturated heterocycles. The average molecular weight is 278 g/mol. The molecule has 1 aliphatic rings. The lowest BCUT2D eigenvalue weighted by atomic mass is 9.96. The van der Waals surface area contributed by atoms with E-state index < -0.39 is 5.60 Å². The van der Waals surface area contributed by atoms with Crippen LogP contribution in [0.25, 0.3) is 0 Å². The van der Waals surface area contributed by atoms with Crippen molar-refractivity contribution in [2.24, 2.45) is 0 Å². The molecule has 1 aromatic carbocycles. The maximum atomic E-state index is 11.8. The highest BCUT2D eigenvalue weighted by molar-refractivity contribution is 5.76. The van der Waals surface area contributed by atoms with Crippen LogP contribution in [0.3, 0.4) is 0 Å². The largest absolute Gasteiger partial charge is 0.399 e. The zero-order valence-corrected chi connectivity index (χ0v) is 11.8. The van der Waals surface area contributed by atoms with E-state index in [9.17, 15) is 9.90 Å². The number of carbonyl (C=O) groups is 1. The number of nitrogens with one attached hydrogen (secondary N) is 1. The summed E-state index contributed by atoms with van der Waals surface area (Å²) in [6.07, 6.45) is 1.39. The summed E-state index contributed by atoms with van der Waals surface area (Å²) in [5.74, 6) is -0.0608.